The van der Waals surface area contributed by atoms with Crippen molar-refractivity contribution in [1.29, 1.82) is 5.26 Å². The first-order valence-electron chi connectivity index (χ1n) is 5.84. The minimum atomic E-state index is -0.394. The summed E-state index contributed by atoms with van der Waals surface area (Å²) in [6.07, 6.45) is 0.502. The lowest BCUT2D eigenvalue weighted by Gasteiger charge is -2.03. The molecule has 6 nitrogen and oxygen atoms in total. The molecule has 1 aromatic heterocycles. The first-order valence-corrected chi connectivity index (χ1v) is 5.84. The van der Waals surface area contributed by atoms with Crippen LogP contribution in [0.3, 0.4) is 0 Å². The third-order valence-corrected chi connectivity index (χ3v) is 2.83. The number of amides is 1. The fourth-order valence-electron chi connectivity index (χ4n) is 1.81. The van der Waals surface area contributed by atoms with Gasteiger partial charge in [0.25, 0.3) is 0 Å². The van der Waals surface area contributed by atoms with Crippen molar-refractivity contribution in [3.8, 4) is 6.07 Å². The van der Waals surface area contributed by atoms with Gasteiger partial charge in [-0.15, -0.1) is 0 Å². The lowest BCUT2D eigenvalue weighted by Crippen LogP contribution is -2.24. The molecule has 0 radical (unpaired) electrons. The summed E-state index contributed by atoms with van der Waals surface area (Å²) in [6, 6.07) is 7.23. The minimum Gasteiger partial charge on any atom is -0.408 e. The van der Waals surface area contributed by atoms with Gasteiger partial charge in [0.15, 0.2) is 5.58 Å². The number of hydrogen-bond acceptors (Lipinski definition) is 4. The summed E-state index contributed by atoms with van der Waals surface area (Å²) in [5, 5.41) is 11.0. The standard InChI is InChI=1S/C13H13N3O3/c1-16-10-8-9(2-3-11(10)19-13(16)18)5-7-15-12(17)4-6-14/h2-3,8H,4-5,7H2,1H3,(H,15,17). The molecule has 6 heteroatoms. The van der Waals surface area contributed by atoms with Crippen LogP contribution in [0.5, 0.6) is 0 Å². The fraction of sp³-hybridized carbons (Fsp3) is 0.308. The summed E-state index contributed by atoms with van der Waals surface area (Å²) in [5.74, 6) is -0.672. The van der Waals surface area contributed by atoms with E-state index in [1.165, 1.54) is 4.57 Å². The van der Waals surface area contributed by atoms with Crippen molar-refractivity contribution >= 4 is 17.0 Å². The number of nitrogens with one attached hydrogen (secondary N) is 1. The highest BCUT2D eigenvalue weighted by Gasteiger charge is 2.06. The summed E-state index contributed by atoms with van der Waals surface area (Å²) in [5.41, 5.74) is 2.26. The molecule has 1 N–H and O–H groups in total. The molecular formula is C13H13N3O3. The van der Waals surface area contributed by atoms with Gasteiger partial charge >= 0.3 is 5.76 Å². The maximum absolute atomic E-state index is 11.3. The third-order valence-electron chi connectivity index (χ3n) is 2.83. The van der Waals surface area contributed by atoms with Crippen molar-refractivity contribution in [2.75, 3.05) is 6.54 Å². The van der Waals surface area contributed by atoms with Crippen LogP contribution in [0.4, 0.5) is 0 Å². The Hall–Kier alpha value is -2.55. The average molecular weight is 259 g/mol. The van der Waals surface area contributed by atoms with Crippen LogP contribution in [-0.2, 0) is 18.3 Å². The van der Waals surface area contributed by atoms with E-state index >= 15 is 0 Å². The number of aromatic nitrogens is 1. The second-order valence-electron chi connectivity index (χ2n) is 4.16. The minimum absolute atomic E-state index is 0.130. The van der Waals surface area contributed by atoms with E-state index in [0.717, 1.165) is 11.1 Å². The van der Waals surface area contributed by atoms with E-state index in [1.807, 2.05) is 12.1 Å². The second-order valence-corrected chi connectivity index (χ2v) is 4.16. The number of carbonyl (C=O) groups excluding carboxylic acids is 1. The highest BCUT2D eigenvalue weighted by molar-refractivity contribution is 5.78. The molecule has 0 spiro atoms. The van der Waals surface area contributed by atoms with Crippen LogP contribution in [0, 0.1) is 11.3 Å². The van der Waals surface area contributed by atoms with Crippen molar-refractivity contribution in [2.24, 2.45) is 7.05 Å². The molecule has 2 rings (SSSR count). The Morgan fingerprint density at radius 3 is 3.05 bits per heavy atom. The summed E-state index contributed by atoms with van der Waals surface area (Å²) in [4.78, 5) is 22.4. The number of rotatable bonds is 4. The molecule has 0 unspecified atom stereocenters. The third kappa shape index (κ3) is 2.83. The van der Waals surface area contributed by atoms with E-state index in [9.17, 15) is 9.59 Å². The van der Waals surface area contributed by atoms with Crippen molar-refractivity contribution in [2.45, 2.75) is 12.8 Å². The zero-order valence-corrected chi connectivity index (χ0v) is 10.5. The Bertz CT molecular complexity index is 706. The number of nitrogens with zero attached hydrogens (tertiary/aromatic N) is 2. The maximum atomic E-state index is 11.3. The topological polar surface area (TPSA) is 88.0 Å². The van der Waals surface area contributed by atoms with Crippen LogP contribution in [-0.4, -0.2) is 17.0 Å². The zero-order valence-electron chi connectivity index (χ0n) is 10.5. The van der Waals surface area contributed by atoms with Gasteiger partial charge in [-0.1, -0.05) is 6.07 Å². The molecule has 19 heavy (non-hydrogen) atoms. The molecule has 0 bridgehead atoms. The largest absolute Gasteiger partial charge is 0.419 e. The van der Waals surface area contributed by atoms with E-state index in [0.29, 0.717) is 18.5 Å². The smallest absolute Gasteiger partial charge is 0.408 e. The lowest BCUT2D eigenvalue weighted by molar-refractivity contribution is -0.120. The van der Waals surface area contributed by atoms with Gasteiger partial charge in [-0.05, 0) is 24.1 Å². The van der Waals surface area contributed by atoms with Crippen molar-refractivity contribution in [3.63, 3.8) is 0 Å². The lowest BCUT2D eigenvalue weighted by atomic mass is 10.1. The van der Waals surface area contributed by atoms with E-state index in [1.54, 1.807) is 19.2 Å². The summed E-state index contributed by atoms with van der Waals surface area (Å²) in [7, 11) is 1.65. The van der Waals surface area contributed by atoms with Crippen LogP contribution in [0.15, 0.2) is 27.4 Å². The summed E-state index contributed by atoms with van der Waals surface area (Å²) >= 11 is 0. The Morgan fingerprint density at radius 2 is 2.32 bits per heavy atom. The van der Waals surface area contributed by atoms with Gasteiger partial charge in [0.1, 0.15) is 6.42 Å². The monoisotopic (exact) mass is 259 g/mol. The average Bonchev–Trinajstić information content (AvgIpc) is 2.66. The highest BCUT2D eigenvalue weighted by Crippen LogP contribution is 2.14. The fourth-order valence-corrected chi connectivity index (χ4v) is 1.81. The van der Waals surface area contributed by atoms with Gasteiger partial charge in [0.2, 0.25) is 5.91 Å². The molecule has 0 saturated carbocycles. The quantitative estimate of drug-likeness (QED) is 0.875. The van der Waals surface area contributed by atoms with E-state index in [2.05, 4.69) is 5.32 Å². The number of oxazole rings is 1. The van der Waals surface area contributed by atoms with Crippen molar-refractivity contribution < 1.29 is 9.21 Å². The molecule has 1 heterocycles. The maximum Gasteiger partial charge on any atom is 0.419 e. The van der Waals surface area contributed by atoms with Crippen LogP contribution in [0.1, 0.15) is 12.0 Å². The van der Waals surface area contributed by atoms with Gasteiger partial charge in [0, 0.05) is 13.6 Å². The van der Waals surface area contributed by atoms with E-state index in [-0.39, 0.29) is 12.3 Å². The molecule has 0 saturated heterocycles. The predicted molar refractivity (Wildman–Crippen MR) is 68.4 cm³/mol. The number of benzene rings is 1. The molecule has 0 aliphatic carbocycles. The van der Waals surface area contributed by atoms with Gasteiger partial charge in [-0.25, -0.2) is 4.79 Å². The van der Waals surface area contributed by atoms with Gasteiger partial charge in [-0.3, -0.25) is 9.36 Å². The molecule has 2 aromatic rings. The summed E-state index contributed by atoms with van der Waals surface area (Å²) in [6.45, 7) is 0.456. The summed E-state index contributed by atoms with van der Waals surface area (Å²) < 4.78 is 6.47. The molecule has 1 aromatic carbocycles. The number of carbonyl (C=O) groups is 1. The molecule has 1 amide bonds. The molecular weight excluding hydrogens is 246 g/mol. The molecule has 0 atom stereocenters. The van der Waals surface area contributed by atoms with Crippen LogP contribution >= 0.6 is 0 Å². The molecule has 0 aliphatic rings. The van der Waals surface area contributed by atoms with Crippen LogP contribution in [0.2, 0.25) is 0 Å². The van der Waals surface area contributed by atoms with Crippen molar-refractivity contribution in [1.82, 2.24) is 9.88 Å². The Labute approximate surface area is 109 Å². The highest BCUT2D eigenvalue weighted by atomic mass is 16.4. The predicted octanol–water partition coefficient (Wildman–Crippen LogP) is 0.704. The normalized spacial score (nSPS) is 10.3. The number of fused-ring (bicyclic) bond motifs is 1. The second kappa shape index (κ2) is 5.40. The molecule has 98 valence electrons. The molecule has 0 aliphatic heterocycles. The first-order chi connectivity index (χ1) is 9.11. The van der Waals surface area contributed by atoms with Gasteiger partial charge in [-0.2, -0.15) is 5.26 Å². The number of aryl methyl sites for hydroxylation is 1. The Balaban J connectivity index is 2.06. The first kappa shape index (κ1) is 12.9. The van der Waals surface area contributed by atoms with E-state index < -0.39 is 5.76 Å². The van der Waals surface area contributed by atoms with E-state index in [4.69, 9.17) is 9.68 Å². The van der Waals surface area contributed by atoms with Crippen LogP contribution < -0.4 is 11.1 Å². The molecule has 0 fully saturated rings. The SMILES string of the molecule is Cn1c(=O)oc2ccc(CCNC(=O)CC#N)cc21. The number of nitriles is 1. The van der Waals surface area contributed by atoms with Gasteiger partial charge in [0.05, 0.1) is 11.6 Å². The van der Waals surface area contributed by atoms with Crippen molar-refractivity contribution in [3.05, 3.63) is 34.3 Å². The van der Waals surface area contributed by atoms with Gasteiger partial charge < -0.3 is 9.73 Å². The zero-order chi connectivity index (χ0) is 13.8. The Morgan fingerprint density at radius 1 is 1.53 bits per heavy atom. The number of hydrogen-bond donors (Lipinski definition) is 1. The Kier molecular flexibility index (Phi) is 3.66. The van der Waals surface area contributed by atoms with Crippen LogP contribution in [0.25, 0.3) is 11.1 Å².